The van der Waals surface area contributed by atoms with Crippen molar-refractivity contribution < 1.29 is 13.0 Å². The van der Waals surface area contributed by atoms with Crippen molar-refractivity contribution in [2.75, 3.05) is 20.6 Å². The van der Waals surface area contributed by atoms with Crippen LogP contribution in [0.5, 0.6) is 0 Å². The summed E-state index contributed by atoms with van der Waals surface area (Å²) in [6.45, 7) is 0.552. The van der Waals surface area contributed by atoms with Crippen LogP contribution >= 0.6 is 0 Å². The lowest BCUT2D eigenvalue weighted by Crippen LogP contribution is -2.38. The summed E-state index contributed by atoms with van der Waals surface area (Å²) >= 11 is 0. The fourth-order valence-electron chi connectivity index (χ4n) is 2.02. The highest BCUT2D eigenvalue weighted by molar-refractivity contribution is 7.90. The summed E-state index contributed by atoms with van der Waals surface area (Å²) in [5.74, 6) is 0. The minimum Gasteiger partial charge on any atom is -0.300 e. The summed E-state index contributed by atoms with van der Waals surface area (Å²) < 4.78 is 32.5. The van der Waals surface area contributed by atoms with Gasteiger partial charge >= 0.3 is 0 Å². The normalized spacial score (nSPS) is 16.3. The SMILES string of the molecule is CN(C)N1CC=CC(S(=O)(=O)O)=C1c1ccccc1. The van der Waals surface area contributed by atoms with Gasteiger partial charge < -0.3 is 5.01 Å². The van der Waals surface area contributed by atoms with Crippen LogP contribution in [0.2, 0.25) is 0 Å². The van der Waals surface area contributed by atoms with E-state index in [1.165, 1.54) is 6.08 Å². The second-order valence-corrected chi connectivity index (χ2v) is 5.78. The minimum atomic E-state index is -4.27. The van der Waals surface area contributed by atoms with Crippen LogP contribution in [0.4, 0.5) is 0 Å². The predicted octanol–water partition coefficient (Wildman–Crippen LogP) is 1.59. The maximum Gasteiger partial charge on any atom is 0.296 e. The van der Waals surface area contributed by atoms with E-state index in [-0.39, 0.29) is 4.91 Å². The molecule has 102 valence electrons. The van der Waals surface area contributed by atoms with Gasteiger partial charge in [-0.3, -0.25) is 4.55 Å². The molecule has 0 amide bonds. The fourth-order valence-corrected chi connectivity index (χ4v) is 2.75. The van der Waals surface area contributed by atoms with Crippen LogP contribution in [0.3, 0.4) is 0 Å². The Morgan fingerprint density at radius 1 is 1.21 bits per heavy atom. The highest BCUT2D eigenvalue weighted by Crippen LogP contribution is 2.30. The third kappa shape index (κ3) is 2.86. The third-order valence-corrected chi connectivity index (χ3v) is 3.73. The molecule has 0 saturated heterocycles. The summed E-state index contributed by atoms with van der Waals surface area (Å²) in [6, 6.07) is 9.15. The number of allylic oxidation sites excluding steroid dienone is 1. The van der Waals surface area contributed by atoms with Crippen LogP contribution in [-0.4, -0.2) is 43.6 Å². The summed E-state index contributed by atoms with van der Waals surface area (Å²) in [4.78, 5) is -0.0846. The number of hydrogen-bond acceptors (Lipinski definition) is 4. The molecular formula is C13H16N2O3S. The maximum atomic E-state index is 11.5. The van der Waals surface area contributed by atoms with Gasteiger partial charge in [0.15, 0.2) is 0 Å². The fraction of sp³-hybridized carbons (Fsp3) is 0.231. The summed E-state index contributed by atoms with van der Waals surface area (Å²) in [7, 11) is -0.619. The Kier molecular flexibility index (Phi) is 3.75. The molecule has 0 unspecified atom stereocenters. The topological polar surface area (TPSA) is 60.9 Å². The first-order valence-electron chi connectivity index (χ1n) is 5.80. The zero-order valence-corrected chi connectivity index (χ0v) is 11.6. The van der Waals surface area contributed by atoms with Gasteiger partial charge in [0.05, 0.1) is 12.2 Å². The van der Waals surface area contributed by atoms with Crippen LogP contribution < -0.4 is 0 Å². The van der Waals surface area contributed by atoms with Gasteiger partial charge in [-0.15, -0.1) is 0 Å². The second kappa shape index (κ2) is 5.16. The summed E-state index contributed by atoms with van der Waals surface area (Å²) in [5, 5.41) is 3.58. The van der Waals surface area contributed by atoms with Crippen molar-refractivity contribution >= 4 is 15.8 Å². The van der Waals surface area contributed by atoms with Crippen LogP contribution in [0.1, 0.15) is 5.56 Å². The molecule has 0 fully saturated rings. The molecule has 1 heterocycles. The van der Waals surface area contributed by atoms with Gasteiger partial charge in [-0.2, -0.15) is 8.42 Å². The first-order valence-corrected chi connectivity index (χ1v) is 7.24. The highest BCUT2D eigenvalue weighted by Gasteiger charge is 2.26. The van der Waals surface area contributed by atoms with Crippen LogP contribution in [0.15, 0.2) is 47.4 Å². The quantitative estimate of drug-likeness (QED) is 0.852. The Labute approximate surface area is 113 Å². The van der Waals surface area contributed by atoms with Gasteiger partial charge in [0, 0.05) is 19.7 Å². The third-order valence-electron chi connectivity index (χ3n) is 2.85. The van der Waals surface area contributed by atoms with Crippen molar-refractivity contribution in [1.29, 1.82) is 0 Å². The molecule has 1 aromatic carbocycles. The lowest BCUT2D eigenvalue weighted by Gasteiger charge is -2.35. The number of hydrazine groups is 1. The van der Waals surface area contributed by atoms with Crippen molar-refractivity contribution in [3.05, 3.63) is 53.0 Å². The molecule has 1 N–H and O–H groups in total. The summed E-state index contributed by atoms with van der Waals surface area (Å²) in [5.41, 5.74) is 1.23. The average molecular weight is 280 g/mol. The van der Waals surface area contributed by atoms with Gasteiger partial charge in [0.25, 0.3) is 10.1 Å². The minimum absolute atomic E-state index is 0.0846. The van der Waals surface area contributed by atoms with Crippen molar-refractivity contribution in [3.63, 3.8) is 0 Å². The van der Waals surface area contributed by atoms with Gasteiger partial charge in [-0.25, -0.2) is 5.01 Å². The molecule has 1 aromatic rings. The van der Waals surface area contributed by atoms with Crippen LogP contribution in [-0.2, 0) is 10.1 Å². The molecule has 6 heteroatoms. The van der Waals surface area contributed by atoms with Gasteiger partial charge in [-0.1, -0.05) is 36.4 Å². The molecule has 0 bridgehead atoms. The highest BCUT2D eigenvalue weighted by atomic mass is 32.2. The number of benzene rings is 1. The molecule has 1 aliphatic rings. The Hall–Kier alpha value is -1.63. The van der Waals surface area contributed by atoms with E-state index in [4.69, 9.17) is 0 Å². The van der Waals surface area contributed by atoms with Gasteiger partial charge in [0.2, 0.25) is 0 Å². The molecule has 5 nitrogen and oxygen atoms in total. The molecule has 0 spiro atoms. The van der Waals surface area contributed by atoms with Crippen molar-refractivity contribution in [2.24, 2.45) is 0 Å². The van der Waals surface area contributed by atoms with E-state index in [1.54, 1.807) is 16.1 Å². The van der Waals surface area contributed by atoms with Crippen LogP contribution in [0.25, 0.3) is 5.70 Å². The Morgan fingerprint density at radius 2 is 1.84 bits per heavy atom. The molecule has 19 heavy (non-hydrogen) atoms. The first kappa shape index (κ1) is 13.8. The molecule has 1 aliphatic heterocycles. The number of hydrogen-bond donors (Lipinski definition) is 1. The Bertz CT molecular complexity index is 619. The predicted molar refractivity (Wildman–Crippen MR) is 74.4 cm³/mol. The average Bonchev–Trinajstić information content (AvgIpc) is 2.37. The molecule has 0 saturated carbocycles. The monoisotopic (exact) mass is 280 g/mol. The molecule has 2 rings (SSSR count). The lowest BCUT2D eigenvalue weighted by atomic mass is 10.1. The van der Waals surface area contributed by atoms with Gasteiger partial charge in [-0.05, 0) is 6.08 Å². The smallest absolute Gasteiger partial charge is 0.296 e. The maximum absolute atomic E-state index is 11.5. The first-order chi connectivity index (χ1) is 8.91. The van der Waals surface area contributed by atoms with E-state index in [0.717, 1.165) is 5.56 Å². The number of nitrogens with zero attached hydrogens (tertiary/aromatic N) is 2. The lowest BCUT2D eigenvalue weighted by molar-refractivity contribution is 0.110. The molecule has 0 aliphatic carbocycles. The van der Waals surface area contributed by atoms with Crippen molar-refractivity contribution in [2.45, 2.75) is 0 Å². The zero-order valence-electron chi connectivity index (χ0n) is 10.8. The van der Waals surface area contributed by atoms with E-state index < -0.39 is 10.1 Å². The molecule has 0 radical (unpaired) electrons. The molecule has 0 aromatic heterocycles. The van der Waals surface area contributed by atoms with E-state index in [1.807, 2.05) is 44.4 Å². The standard InChI is InChI=1S/C13H16N2O3S/c1-14(2)15-10-6-9-12(19(16,17)18)13(15)11-7-4-3-5-8-11/h3-9H,10H2,1-2H3,(H,16,17,18). The van der Waals surface area contributed by atoms with E-state index in [9.17, 15) is 13.0 Å². The van der Waals surface area contributed by atoms with Gasteiger partial charge in [0.1, 0.15) is 4.91 Å². The van der Waals surface area contributed by atoms with E-state index in [0.29, 0.717) is 12.2 Å². The van der Waals surface area contributed by atoms with Crippen molar-refractivity contribution in [3.8, 4) is 0 Å². The Morgan fingerprint density at radius 3 is 2.37 bits per heavy atom. The largest absolute Gasteiger partial charge is 0.300 e. The Balaban J connectivity index is 2.68. The van der Waals surface area contributed by atoms with E-state index >= 15 is 0 Å². The van der Waals surface area contributed by atoms with E-state index in [2.05, 4.69) is 0 Å². The second-order valence-electron chi connectivity index (χ2n) is 4.39. The van der Waals surface area contributed by atoms with Crippen LogP contribution in [0, 0.1) is 0 Å². The number of rotatable bonds is 3. The zero-order chi connectivity index (χ0) is 14.0. The molecular weight excluding hydrogens is 264 g/mol. The molecule has 0 atom stereocenters. The van der Waals surface area contributed by atoms with Crippen molar-refractivity contribution in [1.82, 2.24) is 10.0 Å². The summed E-state index contributed by atoms with van der Waals surface area (Å²) in [6.07, 6.45) is 3.15.